The Morgan fingerprint density at radius 3 is 2.88 bits per heavy atom. The molecule has 2 atom stereocenters. The van der Waals surface area contributed by atoms with Gasteiger partial charge in [-0.2, -0.15) is 0 Å². The lowest BCUT2D eigenvalue weighted by atomic mass is 9.67. The normalized spacial score (nSPS) is 30.5. The lowest BCUT2D eigenvalue weighted by molar-refractivity contribution is -0.130. The summed E-state index contributed by atoms with van der Waals surface area (Å²) in [6.07, 6.45) is 6.50. The van der Waals surface area contributed by atoms with Crippen molar-refractivity contribution in [3.05, 3.63) is 29.8 Å². The Labute approximate surface area is 149 Å². The van der Waals surface area contributed by atoms with Gasteiger partial charge in [0.25, 0.3) is 0 Å². The van der Waals surface area contributed by atoms with Crippen molar-refractivity contribution in [2.75, 3.05) is 26.2 Å². The number of para-hydroxylation sites is 1. The Hall–Kier alpha value is -1.59. The maximum Gasteiger partial charge on any atom is 0.225 e. The van der Waals surface area contributed by atoms with Crippen LogP contribution in [-0.4, -0.2) is 37.3 Å². The summed E-state index contributed by atoms with van der Waals surface area (Å²) in [6.45, 7) is 2.42. The number of aliphatic hydroxyl groups is 1. The molecule has 2 unspecified atom stereocenters. The summed E-state index contributed by atoms with van der Waals surface area (Å²) in [5, 5.41) is 17.6. The van der Waals surface area contributed by atoms with Crippen molar-refractivity contribution in [2.45, 2.75) is 44.1 Å². The van der Waals surface area contributed by atoms with Crippen LogP contribution in [0.15, 0.2) is 24.3 Å². The summed E-state index contributed by atoms with van der Waals surface area (Å²) in [6, 6.07) is 7.57. The van der Waals surface area contributed by atoms with E-state index in [0.717, 1.165) is 37.2 Å². The third-order valence-electron chi connectivity index (χ3n) is 6.45. The van der Waals surface area contributed by atoms with E-state index in [0.29, 0.717) is 13.0 Å². The van der Waals surface area contributed by atoms with Gasteiger partial charge in [0.1, 0.15) is 11.4 Å². The number of ether oxygens (including phenoxy) is 1. The van der Waals surface area contributed by atoms with Gasteiger partial charge in [0.05, 0.1) is 19.1 Å². The molecule has 2 aliphatic heterocycles. The number of nitrogens with one attached hydrogen (secondary N) is 2. The molecule has 1 aromatic carbocycles. The number of hydrogen-bond acceptors (Lipinski definition) is 4. The largest absolute Gasteiger partial charge is 0.493 e. The van der Waals surface area contributed by atoms with E-state index in [9.17, 15) is 9.90 Å². The van der Waals surface area contributed by atoms with Crippen LogP contribution in [-0.2, 0) is 10.4 Å². The van der Waals surface area contributed by atoms with E-state index in [1.807, 2.05) is 24.3 Å². The Morgan fingerprint density at radius 2 is 2.04 bits per heavy atom. The zero-order chi connectivity index (χ0) is 17.3. The standard InChI is InChI=1S/C20H28N2O3/c23-18(16-12-21-13-19(16)8-4-1-5-9-19)22-14-20(24)10-11-25-17-7-3-2-6-15(17)20/h2-3,6-7,16,21,24H,1,4-5,8-14H2,(H,22,23). The molecule has 2 heterocycles. The smallest absolute Gasteiger partial charge is 0.225 e. The maximum atomic E-state index is 12.9. The predicted molar refractivity (Wildman–Crippen MR) is 95.3 cm³/mol. The van der Waals surface area contributed by atoms with Crippen molar-refractivity contribution in [2.24, 2.45) is 11.3 Å². The van der Waals surface area contributed by atoms with Crippen LogP contribution in [0.1, 0.15) is 44.1 Å². The molecule has 1 aromatic rings. The molecule has 136 valence electrons. The average Bonchev–Trinajstić information content (AvgIpc) is 3.04. The molecule has 25 heavy (non-hydrogen) atoms. The molecule has 5 nitrogen and oxygen atoms in total. The third kappa shape index (κ3) is 3.04. The Balaban J connectivity index is 1.45. The van der Waals surface area contributed by atoms with Crippen LogP contribution in [0.25, 0.3) is 0 Å². The first kappa shape index (κ1) is 16.9. The quantitative estimate of drug-likeness (QED) is 0.784. The van der Waals surface area contributed by atoms with Gasteiger partial charge in [-0.05, 0) is 24.3 Å². The monoisotopic (exact) mass is 344 g/mol. The van der Waals surface area contributed by atoms with Crippen LogP contribution < -0.4 is 15.4 Å². The van der Waals surface area contributed by atoms with Gasteiger partial charge in [-0.15, -0.1) is 0 Å². The summed E-state index contributed by atoms with van der Waals surface area (Å²) < 4.78 is 5.63. The van der Waals surface area contributed by atoms with Crippen LogP contribution in [0.4, 0.5) is 0 Å². The second kappa shape index (κ2) is 6.61. The van der Waals surface area contributed by atoms with Gasteiger partial charge in [-0.1, -0.05) is 37.5 Å². The van der Waals surface area contributed by atoms with Gasteiger partial charge in [-0.3, -0.25) is 4.79 Å². The number of hydrogen-bond donors (Lipinski definition) is 3. The van der Waals surface area contributed by atoms with E-state index in [4.69, 9.17) is 4.74 Å². The number of carbonyl (C=O) groups is 1. The summed E-state index contributed by atoms with van der Waals surface area (Å²) in [5.74, 6) is 0.826. The summed E-state index contributed by atoms with van der Waals surface area (Å²) in [4.78, 5) is 12.9. The van der Waals surface area contributed by atoms with Crippen molar-refractivity contribution >= 4 is 5.91 Å². The maximum absolute atomic E-state index is 12.9. The van der Waals surface area contributed by atoms with Gasteiger partial charge >= 0.3 is 0 Å². The van der Waals surface area contributed by atoms with Crippen LogP contribution in [0.3, 0.4) is 0 Å². The molecule has 4 rings (SSSR count). The molecule has 1 amide bonds. The summed E-state index contributed by atoms with van der Waals surface area (Å²) in [5.41, 5.74) is -0.145. The first-order chi connectivity index (χ1) is 12.1. The van der Waals surface area contributed by atoms with Crippen LogP contribution in [0.2, 0.25) is 0 Å². The molecule has 5 heteroatoms. The first-order valence-corrected chi connectivity index (χ1v) is 9.56. The molecular formula is C20H28N2O3. The highest BCUT2D eigenvalue weighted by atomic mass is 16.5. The fraction of sp³-hybridized carbons (Fsp3) is 0.650. The van der Waals surface area contributed by atoms with Crippen molar-refractivity contribution in [3.8, 4) is 5.75 Å². The fourth-order valence-corrected chi connectivity index (χ4v) is 4.94. The minimum atomic E-state index is -1.05. The summed E-state index contributed by atoms with van der Waals surface area (Å²) in [7, 11) is 0. The molecule has 3 aliphatic rings. The second-order valence-electron chi connectivity index (χ2n) is 7.95. The SMILES string of the molecule is O=C(NCC1(O)CCOc2ccccc21)C1CNCC12CCCCC2. The minimum Gasteiger partial charge on any atom is -0.493 e. The molecule has 1 saturated heterocycles. The minimum absolute atomic E-state index is 0.0199. The molecule has 1 aliphatic carbocycles. The number of fused-ring (bicyclic) bond motifs is 1. The van der Waals surface area contributed by atoms with E-state index in [1.54, 1.807) is 0 Å². The fourth-order valence-electron chi connectivity index (χ4n) is 4.94. The van der Waals surface area contributed by atoms with Crippen LogP contribution in [0, 0.1) is 11.3 Å². The van der Waals surface area contributed by atoms with E-state index >= 15 is 0 Å². The number of rotatable bonds is 3. The average molecular weight is 344 g/mol. The predicted octanol–water partition coefficient (Wildman–Crippen LogP) is 1.94. The van der Waals surface area contributed by atoms with Crippen molar-refractivity contribution < 1.29 is 14.6 Å². The Bertz CT molecular complexity index is 642. The zero-order valence-electron chi connectivity index (χ0n) is 14.7. The Morgan fingerprint density at radius 1 is 1.24 bits per heavy atom. The molecule has 1 saturated carbocycles. The van der Waals surface area contributed by atoms with Crippen molar-refractivity contribution in [1.82, 2.24) is 10.6 Å². The zero-order valence-corrected chi connectivity index (χ0v) is 14.7. The lowest BCUT2D eigenvalue weighted by Crippen LogP contribution is -2.48. The molecule has 0 aromatic heterocycles. The first-order valence-electron chi connectivity index (χ1n) is 9.56. The van der Waals surface area contributed by atoms with E-state index in [1.165, 1.54) is 19.3 Å². The number of carbonyl (C=O) groups excluding carboxylic acids is 1. The molecule has 1 spiro atoms. The van der Waals surface area contributed by atoms with Gasteiger partial charge in [0, 0.05) is 25.1 Å². The highest BCUT2D eigenvalue weighted by molar-refractivity contribution is 5.80. The van der Waals surface area contributed by atoms with Crippen molar-refractivity contribution in [3.63, 3.8) is 0 Å². The van der Waals surface area contributed by atoms with E-state index in [-0.39, 0.29) is 23.8 Å². The van der Waals surface area contributed by atoms with Crippen LogP contribution in [0.5, 0.6) is 5.75 Å². The molecular weight excluding hydrogens is 316 g/mol. The molecule has 2 fully saturated rings. The van der Waals surface area contributed by atoms with E-state index in [2.05, 4.69) is 10.6 Å². The van der Waals surface area contributed by atoms with Crippen LogP contribution >= 0.6 is 0 Å². The van der Waals surface area contributed by atoms with Crippen molar-refractivity contribution in [1.29, 1.82) is 0 Å². The molecule has 0 bridgehead atoms. The lowest BCUT2D eigenvalue weighted by Gasteiger charge is -2.38. The topological polar surface area (TPSA) is 70.6 Å². The van der Waals surface area contributed by atoms with Gasteiger partial charge in [0.2, 0.25) is 5.91 Å². The highest BCUT2D eigenvalue weighted by Crippen LogP contribution is 2.45. The third-order valence-corrected chi connectivity index (χ3v) is 6.45. The molecule has 0 radical (unpaired) electrons. The molecule has 3 N–H and O–H groups in total. The number of benzene rings is 1. The van der Waals surface area contributed by atoms with Gasteiger partial charge in [-0.25, -0.2) is 0 Å². The summed E-state index contributed by atoms with van der Waals surface area (Å²) >= 11 is 0. The number of amides is 1. The van der Waals surface area contributed by atoms with Gasteiger partial charge < -0.3 is 20.5 Å². The Kier molecular flexibility index (Phi) is 4.46. The highest BCUT2D eigenvalue weighted by Gasteiger charge is 2.47. The van der Waals surface area contributed by atoms with Gasteiger partial charge in [0.15, 0.2) is 0 Å². The second-order valence-corrected chi connectivity index (χ2v) is 7.95. The van der Waals surface area contributed by atoms with E-state index < -0.39 is 5.60 Å².